The predicted molar refractivity (Wildman–Crippen MR) is 86.8 cm³/mol. The second-order valence-electron chi connectivity index (χ2n) is 4.69. The molecule has 0 aromatic heterocycles. The first-order valence-electron chi connectivity index (χ1n) is 6.95. The Balaban J connectivity index is 1.70. The van der Waals surface area contributed by atoms with Crippen LogP contribution in [0.5, 0.6) is 5.75 Å². The van der Waals surface area contributed by atoms with E-state index in [0.29, 0.717) is 18.7 Å². The van der Waals surface area contributed by atoms with Crippen molar-refractivity contribution >= 4 is 17.7 Å². The van der Waals surface area contributed by atoms with Crippen molar-refractivity contribution in [1.29, 1.82) is 0 Å². The number of hydrogen-bond acceptors (Lipinski definition) is 3. The molecule has 0 aliphatic rings. The molecule has 1 amide bonds. The Kier molecular flexibility index (Phi) is 6.27. The summed E-state index contributed by atoms with van der Waals surface area (Å²) in [6.45, 7) is 0.545. The summed E-state index contributed by atoms with van der Waals surface area (Å²) in [6.07, 6.45) is 0.690. The maximum atomic E-state index is 12.8. The standard InChI is InChI=1S/C17H18FNO2S/c1-21-15-3-2-4-16(11-15)22-12-17(20)19-10-9-13-5-7-14(18)8-6-13/h2-8,11H,9-10,12H2,1H3,(H,19,20). The van der Waals surface area contributed by atoms with Gasteiger partial charge in [0, 0.05) is 11.4 Å². The highest BCUT2D eigenvalue weighted by Crippen LogP contribution is 2.22. The van der Waals surface area contributed by atoms with Crippen LogP contribution in [0.25, 0.3) is 0 Å². The number of halogens is 1. The summed E-state index contributed by atoms with van der Waals surface area (Å²) in [6, 6.07) is 13.9. The van der Waals surface area contributed by atoms with Crippen molar-refractivity contribution in [2.24, 2.45) is 0 Å². The number of carbonyl (C=O) groups excluding carboxylic acids is 1. The molecular formula is C17H18FNO2S. The molecule has 2 aromatic carbocycles. The van der Waals surface area contributed by atoms with E-state index in [1.54, 1.807) is 19.2 Å². The third-order valence-electron chi connectivity index (χ3n) is 3.06. The number of benzene rings is 2. The molecule has 0 saturated carbocycles. The quantitative estimate of drug-likeness (QED) is 0.796. The molecule has 1 N–H and O–H groups in total. The van der Waals surface area contributed by atoms with Crippen molar-refractivity contribution in [2.45, 2.75) is 11.3 Å². The zero-order chi connectivity index (χ0) is 15.8. The van der Waals surface area contributed by atoms with Crippen molar-refractivity contribution in [3.63, 3.8) is 0 Å². The van der Waals surface area contributed by atoms with Crippen LogP contribution in [0, 0.1) is 5.82 Å². The van der Waals surface area contributed by atoms with Gasteiger partial charge in [-0.15, -0.1) is 11.8 Å². The van der Waals surface area contributed by atoms with Crippen LogP contribution in [0.4, 0.5) is 4.39 Å². The second-order valence-corrected chi connectivity index (χ2v) is 5.74. The lowest BCUT2D eigenvalue weighted by Gasteiger charge is -2.06. The largest absolute Gasteiger partial charge is 0.497 e. The average molecular weight is 319 g/mol. The maximum Gasteiger partial charge on any atom is 0.230 e. The van der Waals surface area contributed by atoms with Gasteiger partial charge >= 0.3 is 0 Å². The van der Waals surface area contributed by atoms with Gasteiger partial charge in [0.2, 0.25) is 5.91 Å². The van der Waals surface area contributed by atoms with E-state index >= 15 is 0 Å². The van der Waals surface area contributed by atoms with Crippen LogP contribution in [0.2, 0.25) is 0 Å². The van der Waals surface area contributed by atoms with Crippen molar-refractivity contribution in [3.05, 3.63) is 59.9 Å². The van der Waals surface area contributed by atoms with Gasteiger partial charge < -0.3 is 10.1 Å². The molecule has 0 spiro atoms. The number of hydrogen-bond donors (Lipinski definition) is 1. The molecule has 5 heteroatoms. The summed E-state index contributed by atoms with van der Waals surface area (Å²) in [4.78, 5) is 12.8. The lowest BCUT2D eigenvalue weighted by Crippen LogP contribution is -2.27. The minimum absolute atomic E-state index is 0.0186. The molecule has 0 bridgehead atoms. The summed E-state index contributed by atoms with van der Waals surface area (Å²) >= 11 is 1.46. The monoisotopic (exact) mass is 319 g/mol. The van der Waals surface area contributed by atoms with Crippen LogP contribution in [0.1, 0.15) is 5.56 Å². The van der Waals surface area contributed by atoms with Crippen molar-refractivity contribution in [3.8, 4) is 5.75 Å². The number of methoxy groups -OCH3 is 1. The molecule has 0 atom stereocenters. The van der Waals surface area contributed by atoms with Gasteiger partial charge in [-0.05, 0) is 42.3 Å². The number of nitrogens with one attached hydrogen (secondary N) is 1. The first-order valence-corrected chi connectivity index (χ1v) is 7.94. The van der Waals surface area contributed by atoms with E-state index in [-0.39, 0.29) is 11.7 Å². The molecule has 0 aliphatic heterocycles. The van der Waals surface area contributed by atoms with E-state index in [2.05, 4.69) is 5.32 Å². The molecule has 0 saturated heterocycles. The Bertz CT molecular complexity index is 616. The lowest BCUT2D eigenvalue weighted by molar-refractivity contribution is -0.118. The van der Waals surface area contributed by atoms with E-state index in [9.17, 15) is 9.18 Å². The Morgan fingerprint density at radius 1 is 1.23 bits per heavy atom. The zero-order valence-electron chi connectivity index (χ0n) is 12.3. The zero-order valence-corrected chi connectivity index (χ0v) is 13.2. The van der Waals surface area contributed by atoms with E-state index in [1.807, 2.05) is 24.3 Å². The molecule has 3 nitrogen and oxygen atoms in total. The number of amides is 1. The van der Waals surface area contributed by atoms with E-state index < -0.39 is 0 Å². The lowest BCUT2D eigenvalue weighted by atomic mass is 10.1. The summed E-state index contributed by atoms with van der Waals surface area (Å²) in [5.41, 5.74) is 1.00. The molecule has 0 unspecified atom stereocenters. The van der Waals surface area contributed by atoms with E-state index in [4.69, 9.17) is 4.74 Å². The van der Waals surface area contributed by atoms with Gasteiger partial charge in [0.05, 0.1) is 12.9 Å². The fourth-order valence-electron chi connectivity index (χ4n) is 1.89. The third-order valence-corrected chi connectivity index (χ3v) is 4.05. The molecule has 2 aromatic rings. The van der Waals surface area contributed by atoms with Crippen LogP contribution in [0.15, 0.2) is 53.4 Å². The molecule has 22 heavy (non-hydrogen) atoms. The van der Waals surface area contributed by atoms with E-state index in [0.717, 1.165) is 16.2 Å². The molecule has 0 aliphatic carbocycles. The Labute approximate surface area is 133 Å². The molecule has 2 rings (SSSR count). The minimum atomic E-state index is -0.248. The van der Waals surface area contributed by atoms with Gasteiger partial charge in [0.25, 0.3) is 0 Å². The Hall–Kier alpha value is -2.01. The molecule has 0 fully saturated rings. The summed E-state index contributed by atoms with van der Waals surface area (Å²) in [5, 5.41) is 2.86. The highest BCUT2D eigenvalue weighted by Gasteiger charge is 2.03. The van der Waals surface area contributed by atoms with Gasteiger partial charge in [-0.3, -0.25) is 4.79 Å². The minimum Gasteiger partial charge on any atom is -0.497 e. The number of ether oxygens (including phenoxy) is 1. The van der Waals surface area contributed by atoms with Crippen LogP contribution in [0.3, 0.4) is 0 Å². The highest BCUT2D eigenvalue weighted by atomic mass is 32.2. The fraction of sp³-hybridized carbons (Fsp3) is 0.235. The molecular weight excluding hydrogens is 301 g/mol. The van der Waals surface area contributed by atoms with Crippen LogP contribution < -0.4 is 10.1 Å². The van der Waals surface area contributed by atoms with Crippen molar-refractivity contribution in [1.82, 2.24) is 5.32 Å². The number of carbonyl (C=O) groups is 1. The first-order chi connectivity index (χ1) is 10.7. The number of rotatable bonds is 7. The van der Waals surface area contributed by atoms with E-state index in [1.165, 1.54) is 23.9 Å². The average Bonchev–Trinajstić information content (AvgIpc) is 2.55. The second kappa shape index (κ2) is 8.44. The Morgan fingerprint density at radius 3 is 2.73 bits per heavy atom. The topological polar surface area (TPSA) is 38.3 Å². The van der Waals surface area contributed by atoms with Gasteiger partial charge in [-0.2, -0.15) is 0 Å². The molecule has 0 radical (unpaired) electrons. The van der Waals surface area contributed by atoms with Crippen LogP contribution >= 0.6 is 11.8 Å². The van der Waals surface area contributed by atoms with Crippen LogP contribution in [-0.2, 0) is 11.2 Å². The number of thioether (sulfide) groups is 1. The van der Waals surface area contributed by atoms with Crippen molar-refractivity contribution < 1.29 is 13.9 Å². The van der Waals surface area contributed by atoms with Crippen molar-refractivity contribution in [2.75, 3.05) is 19.4 Å². The van der Waals surface area contributed by atoms with Gasteiger partial charge in [-0.25, -0.2) is 4.39 Å². The maximum absolute atomic E-state index is 12.8. The van der Waals surface area contributed by atoms with Gasteiger partial charge in [-0.1, -0.05) is 18.2 Å². The van der Waals surface area contributed by atoms with Gasteiger partial charge in [0.15, 0.2) is 0 Å². The Morgan fingerprint density at radius 2 is 2.00 bits per heavy atom. The van der Waals surface area contributed by atoms with Gasteiger partial charge in [0.1, 0.15) is 11.6 Å². The fourth-order valence-corrected chi connectivity index (χ4v) is 2.66. The van der Waals surface area contributed by atoms with Crippen LogP contribution in [-0.4, -0.2) is 25.3 Å². The predicted octanol–water partition coefficient (Wildman–Crippen LogP) is 3.29. The third kappa shape index (κ3) is 5.41. The summed E-state index contributed by atoms with van der Waals surface area (Å²) < 4.78 is 17.9. The molecule has 116 valence electrons. The molecule has 0 heterocycles. The smallest absolute Gasteiger partial charge is 0.230 e. The summed E-state index contributed by atoms with van der Waals surface area (Å²) in [7, 11) is 1.62. The highest BCUT2D eigenvalue weighted by molar-refractivity contribution is 8.00. The summed E-state index contributed by atoms with van der Waals surface area (Å²) in [5.74, 6) is 0.871. The normalized spacial score (nSPS) is 10.3. The first kappa shape index (κ1) is 16.4. The SMILES string of the molecule is COc1cccc(SCC(=O)NCCc2ccc(F)cc2)c1.